The Bertz CT molecular complexity index is 775. The van der Waals surface area contributed by atoms with E-state index in [9.17, 15) is 10.1 Å². The molecule has 0 spiro atoms. The van der Waals surface area contributed by atoms with Gasteiger partial charge in [-0.25, -0.2) is 0 Å². The maximum absolute atomic E-state index is 12.6. The van der Waals surface area contributed by atoms with Crippen LogP contribution < -0.4 is 4.74 Å². The number of hydrogen-bond acceptors (Lipinski definition) is 3. The van der Waals surface area contributed by atoms with E-state index < -0.39 is 5.41 Å². The summed E-state index contributed by atoms with van der Waals surface area (Å²) in [6, 6.07) is 8.80. The van der Waals surface area contributed by atoms with Crippen molar-refractivity contribution in [2.75, 3.05) is 7.11 Å². The number of rotatable bonds is 2. The average molecular weight is 321 g/mol. The first kappa shape index (κ1) is 15.4. The van der Waals surface area contributed by atoms with Gasteiger partial charge < -0.3 is 4.74 Å². The molecule has 1 fully saturated rings. The fraction of sp³-hybridized carbons (Fsp3) is 0.524. The van der Waals surface area contributed by atoms with Crippen molar-refractivity contribution in [1.82, 2.24) is 0 Å². The number of benzene rings is 1. The van der Waals surface area contributed by atoms with E-state index in [0.717, 1.165) is 31.4 Å². The molecule has 1 aromatic carbocycles. The van der Waals surface area contributed by atoms with Gasteiger partial charge in [0.2, 0.25) is 0 Å². The largest absolute Gasteiger partial charge is 0.497 e. The van der Waals surface area contributed by atoms with Crippen molar-refractivity contribution >= 4 is 5.78 Å². The van der Waals surface area contributed by atoms with Gasteiger partial charge in [-0.15, -0.1) is 0 Å². The highest BCUT2D eigenvalue weighted by Crippen LogP contribution is 2.66. The molecule has 0 saturated heterocycles. The molecule has 0 aliphatic heterocycles. The highest BCUT2D eigenvalue weighted by molar-refractivity contribution is 5.98. The summed E-state index contributed by atoms with van der Waals surface area (Å²) in [6.45, 7) is 2.09. The quantitative estimate of drug-likeness (QED) is 0.821. The zero-order chi connectivity index (χ0) is 16.9. The molecule has 0 amide bonds. The Labute approximate surface area is 143 Å². The van der Waals surface area contributed by atoms with Crippen molar-refractivity contribution in [3.8, 4) is 11.8 Å². The van der Waals surface area contributed by atoms with E-state index in [1.54, 1.807) is 13.2 Å². The number of allylic oxidation sites excluding steroid dienone is 2. The summed E-state index contributed by atoms with van der Waals surface area (Å²) in [5.74, 6) is 1.95. The highest BCUT2D eigenvalue weighted by atomic mass is 16.5. The maximum Gasteiger partial charge on any atom is 0.162 e. The van der Waals surface area contributed by atoms with Crippen LogP contribution in [0.25, 0.3) is 0 Å². The van der Waals surface area contributed by atoms with E-state index in [4.69, 9.17) is 4.74 Å². The number of methoxy groups -OCH3 is 1. The standard InChI is InChI=1S/C21H23NO2/c1-20-9-7-17-16-5-4-15(24-2)13-14(16)3-6-18(17)21(20,11-12-22)10-8-19(20)23/h4-5,8,10,13,17-18H,3,6-7,9,11H2,1-2H3/t17-,18-,20-,21+/m1/s1. The van der Waals surface area contributed by atoms with Gasteiger partial charge in [-0.2, -0.15) is 5.26 Å². The minimum Gasteiger partial charge on any atom is -0.497 e. The van der Waals surface area contributed by atoms with Crippen LogP contribution in [0.1, 0.15) is 49.7 Å². The van der Waals surface area contributed by atoms with E-state index in [2.05, 4.69) is 31.2 Å². The molecule has 0 bridgehead atoms. The summed E-state index contributed by atoms with van der Waals surface area (Å²) in [4.78, 5) is 12.6. The summed E-state index contributed by atoms with van der Waals surface area (Å²) in [6.07, 6.45) is 8.22. The molecule has 0 radical (unpaired) electrons. The zero-order valence-corrected chi connectivity index (χ0v) is 14.3. The normalized spacial score (nSPS) is 36.5. The van der Waals surface area contributed by atoms with Crippen LogP contribution in [0.4, 0.5) is 0 Å². The van der Waals surface area contributed by atoms with E-state index in [-0.39, 0.29) is 11.2 Å². The molecular formula is C21H23NO2. The lowest BCUT2D eigenvalue weighted by atomic mass is 9.46. The Kier molecular flexibility index (Phi) is 3.35. The molecule has 3 nitrogen and oxygen atoms in total. The molecule has 24 heavy (non-hydrogen) atoms. The van der Waals surface area contributed by atoms with Crippen molar-refractivity contribution in [1.29, 1.82) is 5.26 Å². The lowest BCUT2D eigenvalue weighted by molar-refractivity contribution is -0.133. The van der Waals surface area contributed by atoms with E-state index in [0.29, 0.717) is 18.3 Å². The van der Waals surface area contributed by atoms with Crippen LogP contribution in [-0.2, 0) is 11.2 Å². The molecule has 0 N–H and O–H groups in total. The van der Waals surface area contributed by atoms with Gasteiger partial charge in [-0.3, -0.25) is 4.79 Å². The van der Waals surface area contributed by atoms with Crippen molar-refractivity contribution in [3.05, 3.63) is 41.5 Å². The second-order valence-electron chi connectivity index (χ2n) is 7.76. The number of nitrogens with zero attached hydrogens (tertiary/aromatic N) is 1. The monoisotopic (exact) mass is 321 g/mol. The number of carbonyl (C=O) groups is 1. The first-order valence-electron chi connectivity index (χ1n) is 8.83. The first-order chi connectivity index (χ1) is 11.6. The lowest BCUT2D eigenvalue weighted by Gasteiger charge is -2.55. The number of ether oxygens (including phenoxy) is 1. The second kappa shape index (κ2) is 5.21. The zero-order valence-electron chi connectivity index (χ0n) is 14.3. The molecule has 1 saturated carbocycles. The minimum absolute atomic E-state index is 0.219. The van der Waals surface area contributed by atoms with Crippen molar-refractivity contribution < 1.29 is 9.53 Å². The molecule has 0 unspecified atom stereocenters. The van der Waals surface area contributed by atoms with Gasteiger partial charge in [0.1, 0.15) is 5.75 Å². The molecule has 0 heterocycles. The van der Waals surface area contributed by atoms with Crippen LogP contribution >= 0.6 is 0 Å². The van der Waals surface area contributed by atoms with Crippen molar-refractivity contribution in [2.45, 2.75) is 44.9 Å². The maximum atomic E-state index is 12.6. The molecule has 4 atom stereocenters. The summed E-state index contributed by atoms with van der Waals surface area (Å²) < 4.78 is 5.38. The van der Waals surface area contributed by atoms with Crippen molar-refractivity contribution in [2.24, 2.45) is 16.7 Å². The number of carbonyl (C=O) groups excluding carboxylic acids is 1. The van der Waals surface area contributed by atoms with Crippen LogP contribution in [0.3, 0.4) is 0 Å². The molecule has 3 aliphatic rings. The first-order valence-corrected chi connectivity index (χ1v) is 8.83. The lowest BCUT2D eigenvalue weighted by Crippen LogP contribution is -2.51. The molecule has 4 rings (SSSR count). The van der Waals surface area contributed by atoms with Crippen LogP contribution in [0.2, 0.25) is 0 Å². The van der Waals surface area contributed by atoms with Gasteiger partial charge >= 0.3 is 0 Å². The minimum atomic E-state index is -0.395. The highest BCUT2D eigenvalue weighted by Gasteiger charge is 2.62. The number of nitriles is 1. The second-order valence-corrected chi connectivity index (χ2v) is 7.76. The van der Waals surface area contributed by atoms with Gasteiger partial charge in [0.25, 0.3) is 0 Å². The van der Waals surface area contributed by atoms with Gasteiger partial charge in [0.15, 0.2) is 5.78 Å². The molecule has 1 aromatic rings. The SMILES string of the molecule is COc1ccc2c(c1)CC[C@@H]1[C@@H]2CC[C@]2(C)C(=O)C=C[C@]12CC#N. The van der Waals surface area contributed by atoms with Gasteiger partial charge in [-0.05, 0) is 66.9 Å². The fourth-order valence-corrected chi connectivity index (χ4v) is 5.66. The molecule has 3 aliphatic carbocycles. The Morgan fingerprint density at radius 2 is 2.21 bits per heavy atom. The topological polar surface area (TPSA) is 50.1 Å². The van der Waals surface area contributed by atoms with Crippen LogP contribution in [0, 0.1) is 28.1 Å². The van der Waals surface area contributed by atoms with E-state index >= 15 is 0 Å². The third kappa shape index (κ3) is 1.80. The molecular weight excluding hydrogens is 298 g/mol. The third-order valence-electron chi connectivity index (χ3n) is 7.05. The predicted molar refractivity (Wildman–Crippen MR) is 91.7 cm³/mol. The number of hydrogen-bond donors (Lipinski definition) is 0. The van der Waals surface area contributed by atoms with Crippen LogP contribution in [0.15, 0.2) is 30.4 Å². The third-order valence-corrected chi connectivity index (χ3v) is 7.05. The fourth-order valence-electron chi connectivity index (χ4n) is 5.66. The number of fused-ring (bicyclic) bond motifs is 5. The summed E-state index contributed by atoms with van der Waals surface area (Å²) in [5.41, 5.74) is 2.09. The Morgan fingerprint density at radius 1 is 1.38 bits per heavy atom. The predicted octanol–water partition coefficient (Wildman–Crippen LogP) is 4.18. The molecule has 124 valence electrons. The molecule has 0 aromatic heterocycles. The summed E-state index contributed by atoms with van der Waals surface area (Å²) >= 11 is 0. The van der Waals surface area contributed by atoms with Crippen molar-refractivity contribution in [3.63, 3.8) is 0 Å². The number of aryl methyl sites for hydroxylation is 1. The summed E-state index contributed by atoms with van der Waals surface area (Å²) in [7, 11) is 1.70. The van der Waals surface area contributed by atoms with E-state index in [1.807, 2.05) is 6.07 Å². The average Bonchev–Trinajstić information content (AvgIpc) is 2.86. The van der Waals surface area contributed by atoms with Crippen LogP contribution in [0.5, 0.6) is 5.75 Å². The smallest absolute Gasteiger partial charge is 0.162 e. The Hall–Kier alpha value is -2.08. The van der Waals surface area contributed by atoms with E-state index in [1.165, 1.54) is 11.1 Å². The van der Waals surface area contributed by atoms with Gasteiger partial charge in [0.05, 0.1) is 13.2 Å². The Balaban J connectivity index is 1.80. The number of ketones is 1. The molecule has 3 heteroatoms. The Morgan fingerprint density at radius 3 is 2.96 bits per heavy atom. The summed E-state index contributed by atoms with van der Waals surface area (Å²) in [5, 5.41) is 9.50. The van der Waals surface area contributed by atoms with Gasteiger partial charge in [0, 0.05) is 17.3 Å². The van der Waals surface area contributed by atoms with Gasteiger partial charge in [-0.1, -0.05) is 19.1 Å². The van der Waals surface area contributed by atoms with Crippen LogP contribution in [-0.4, -0.2) is 12.9 Å².